The van der Waals surface area contributed by atoms with Gasteiger partial charge in [0.05, 0.1) is 11.1 Å². The molecule has 0 N–H and O–H groups in total. The molecule has 0 aromatic heterocycles. The van der Waals surface area contributed by atoms with Gasteiger partial charge in [0.2, 0.25) is 0 Å². The van der Waals surface area contributed by atoms with Gasteiger partial charge in [-0.05, 0) is 59.3 Å². The summed E-state index contributed by atoms with van der Waals surface area (Å²) in [4.78, 5) is 12.0. The first-order chi connectivity index (χ1) is 9.70. The van der Waals surface area contributed by atoms with Crippen LogP contribution in [-0.2, 0) is 0 Å². The maximum Gasteiger partial charge on any atom is 0.200 e. The summed E-state index contributed by atoms with van der Waals surface area (Å²) in [5.74, 6) is 1.35. The van der Waals surface area contributed by atoms with E-state index in [0.717, 1.165) is 10.2 Å². The van der Waals surface area contributed by atoms with E-state index >= 15 is 0 Å². The van der Waals surface area contributed by atoms with Crippen LogP contribution in [0.1, 0.15) is 17.3 Å². The molecule has 0 saturated carbocycles. The number of hydrogen-bond acceptors (Lipinski definition) is 3. The summed E-state index contributed by atoms with van der Waals surface area (Å²) in [7, 11) is 0. The predicted molar refractivity (Wildman–Crippen MR) is 81.6 cm³/mol. The van der Waals surface area contributed by atoms with Gasteiger partial charge in [-0.2, -0.15) is 0 Å². The zero-order chi connectivity index (χ0) is 14.4. The molecular weight excluding hydrogens is 320 g/mol. The number of para-hydroxylation sites is 1. The first-order valence-electron chi connectivity index (χ1n) is 6.34. The molecule has 0 saturated heterocycles. The molecule has 20 heavy (non-hydrogen) atoms. The monoisotopic (exact) mass is 334 g/mol. The highest BCUT2D eigenvalue weighted by Gasteiger charge is 2.08. The summed E-state index contributed by atoms with van der Waals surface area (Å²) >= 11 is 3.38. The first-order valence-corrected chi connectivity index (χ1v) is 7.13. The van der Waals surface area contributed by atoms with Crippen molar-refractivity contribution in [2.24, 2.45) is 0 Å². The lowest BCUT2D eigenvalue weighted by Crippen LogP contribution is -2.11. The molecule has 0 heterocycles. The minimum atomic E-state index is -0.0659. The van der Waals surface area contributed by atoms with Crippen LogP contribution < -0.4 is 9.47 Å². The molecule has 3 nitrogen and oxygen atoms in total. The van der Waals surface area contributed by atoms with E-state index in [-0.39, 0.29) is 12.4 Å². The van der Waals surface area contributed by atoms with E-state index in [1.54, 1.807) is 24.3 Å². The number of rotatable bonds is 6. The Hall–Kier alpha value is -1.81. The van der Waals surface area contributed by atoms with E-state index in [1.807, 2.05) is 31.2 Å². The standard InChI is InChI=1S/C16H15BrO3/c1-2-19-13-9-7-12(8-10-13)15(18)11-20-16-6-4-3-5-14(16)17/h3-10H,2,11H2,1H3. The Morgan fingerprint density at radius 1 is 1.05 bits per heavy atom. The average molecular weight is 335 g/mol. The van der Waals surface area contributed by atoms with Crippen molar-refractivity contribution in [3.05, 3.63) is 58.6 Å². The average Bonchev–Trinajstić information content (AvgIpc) is 2.47. The van der Waals surface area contributed by atoms with Crippen molar-refractivity contribution < 1.29 is 14.3 Å². The molecule has 0 unspecified atom stereocenters. The Morgan fingerprint density at radius 3 is 2.40 bits per heavy atom. The van der Waals surface area contributed by atoms with Gasteiger partial charge < -0.3 is 9.47 Å². The molecule has 2 aromatic rings. The van der Waals surface area contributed by atoms with Gasteiger partial charge in [0, 0.05) is 5.56 Å². The summed E-state index contributed by atoms with van der Waals surface area (Å²) in [5, 5.41) is 0. The maximum absolute atomic E-state index is 12.0. The molecule has 104 valence electrons. The fraction of sp³-hybridized carbons (Fsp3) is 0.188. The third-order valence-electron chi connectivity index (χ3n) is 2.68. The largest absolute Gasteiger partial charge is 0.494 e. The summed E-state index contributed by atoms with van der Waals surface area (Å²) in [6.07, 6.45) is 0. The Balaban J connectivity index is 1.96. The fourth-order valence-corrected chi connectivity index (χ4v) is 2.09. The molecule has 4 heteroatoms. The van der Waals surface area contributed by atoms with Gasteiger partial charge in [-0.15, -0.1) is 0 Å². The third kappa shape index (κ3) is 3.84. The molecule has 0 amide bonds. The van der Waals surface area contributed by atoms with Gasteiger partial charge in [0.25, 0.3) is 0 Å². The van der Waals surface area contributed by atoms with E-state index in [4.69, 9.17) is 9.47 Å². The van der Waals surface area contributed by atoms with Crippen molar-refractivity contribution in [1.29, 1.82) is 0 Å². The molecular formula is C16H15BrO3. The zero-order valence-electron chi connectivity index (χ0n) is 11.1. The first kappa shape index (κ1) is 14.6. The van der Waals surface area contributed by atoms with Crippen molar-refractivity contribution in [1.82, 2.24) is 0 Å². The van der Waals surface area contributed by atoms with Crippen LogP contribution in [0, 0.1) is 0 Å². The second-order valence-electron chi connectivity index (χ2n) is 4.10. The smallest absolute Gasteiger partial charge is 0.200 e. The lowest BCUT2D eigenvalue weighted by atomic mass is 10.1. The van der Waals surface area contributed by atoms with Crippen molar-refractivity contribution in [2.45, 2.75) is 6.92 Å². The molecule has 0 aliphatic carbocycles. The van der Waals surface area contributed by atoms with E-state index in [9.17, 15) is 4.79 Å². The Labute approximate surface area is 126 Å². The number of carbonyl (C=O) groups excluding carboxylic acids is 1. The molecule has 0 spiro atoms. The fourth-order valence-electron chi connectivity index (χ4n) is 1.69. The number of hydrogen-bond donors (Lipinski definition) is 0. The number of halogens is 1. The topological polar surface area (TPSA) is 35.5 Å². The molecule has 0 aliphatic rings. The highest BCUT2D eigenvalue weighted by atomic mass is 79.9. The van der Waals surface area contributed by atoms with Crippen molar-refractivity contribution >= 4 is 21.7 Å². The van der Waals surface area contributed by atoms with Crippen molar-refractivity contribution in [2.75, 3.05) is 13.2 Å². The number of ether oxygens (including phenoxy) is 2. The summed E-state index contributed by atoms with van der Waals surface area (Å²) in [5.41, 5.74) is 0.612. The van der Waals surface area contributed by atoms with Crippen LogP contribution in [0.2, 0.25) is 0 Å². The van der Waals surface area contributed by atoms with Gasteiger partial charge in [0.15, 0.2) is 12.4 Å². The molecule has 0 atom stereocenters. The van der Waals surface area contributed by atoms with Crippen molar-refractivity contribution in [3.63, 3.8) is 0 Å². The Bertz CT molecular complexity index is 579. The number of ketones is 1. The van der Waals surface area contributed by atoms with E-state index in [1.165, 1.54) is 0 Å². The highest BCUT2D eigenvalue weighted by molar-refractivity contribution is 9.10. The van der Waals surface area contributed by atoms with Crippen LogP contribution in [0.3, 0.4) is 0 Å². The number of benzene rings is 2. The maximum atomic E-state index is 12.0. The van der Waals surface area contributed by atoms with Gasteiger partial charge in [0.1, 0.15) is 11.5 Å². The molecule has 0 bridgehead atoms. The second-order valence-corrected chi connectivity index (χ2v) is 4.95. The van der Waals surface area contributed by atoms with Crippen LogP contribution in [-0.4, -0.2) is 19.0 Å². The third-order valence-corrected chi connectivity index (χ3v) is 3.34. The van der Waals surface area contributed by atoms with Gasteiger partial charge in [-0.3, -0.25) is 4.79 Å². The highest BCUT2D eigenvalue weighted by Crippen LogP contribution is 2.24. The van der Waals surface area contributed by atoms with Crippen molar-refractivity contribution in [3.8, 4) is 11.5 Å². The van der Waals surface area contributed by atoms with Gasteiger partial charge in [-0.25, -0.2) is 0 Å². The molecule has 0 radical (unpaired) electrons. The molecule has 0 fully saturated rings. The second kappa shape index (κ2) is 7.10. The van der Waals surface area contributed by atoms with E-state index < -0.39 is 0 Å². The normalized spacial score (nSPS) is 10.1. The number of carbonyl (C=O) groups is 1. The van der Waals surface area contributed by atoms with Gasteiger partial charge >= 0.3 is 0 Å². The van der Waals surface area contributed by atoms with Crippen LogP contribution in [0.4, 0.5) is 0 Å². The lowest BCUT2D eigenvalue weighted by Gasteiger charge is -2.08. The van der Waals surface area contributed by atoms with Crippen LogP contribution in [0.15, 0.2) is 53.0 Å². The quantitative estimate of drug-likeness (QED) is 0.746. The Morgan fingerprint density at radius 2 is 1.75 bits per heavy atom. The van der Waals surface area contributed by atoms with E-state index in [0.29, 0.717) is 17.9 Å². The summed E-state index contributed by atoms with van der Waals surface area (Å²) < 4.78 is 11.7. The van der Waals surface area contributed by atoms with Crippen LogP contribution in [0.25, 0.3) is 0 Å². The minimum absolute atomic E-state index is 0.0105. The number of Topliss-reactive ketones (excluding diaryl/α,β-unsaturated/α-hetero) is 1. The zero-order valence-corrected chi connectivity index (χ0v) is 12.7. The Kier molecular flexibility index (Phi) is 5.18. The summed E-state index contributed by atoms with van der Waals surface area (Å²) in [6.45, 7) is 2.54. The van der Waals surface area contributed by atoms with E-state index in [2.05, 4.69) is 15.9 Å². The minimum Gasteiger partial charge on any atom is -0.494 e. The molecule has 0 aliphatic heterocycles. The molecule has 2 rings (SSSR count). The van der Waals surface area contributed by atoms with Crippen LogP contribution in [0.5, 0.6) is 11.5 Å². The lowest BCUT2D eigenvalue weighted by molar-refractivity contribution is 0.0921. The summed E-state index contributed by atoms with van der Waals surface area (Å²) in [6, 6.07) is 14.5. The van der Waals surface area contributed by atoms with Crippen LogP contribution >= 0.6 is 15.9 Å². The SMILES string of the molecule is CCOc1ccc(C(=O)COc2ccccc2Br)cc1. The molecule has 2 aromatic carbocycles. The predicted octanol–water partition coefficient (Wildman–Crippen LogP) is 4.11. The van der Waals surface area contributed by atoms with Gasteiger partial charge in [-0.1, -0.05) is 12.1 Å².